The van der Waals surface area contributed by atoms with Gasteiger partial charge in [-0.3, -0.25) is 10.1 Å². The maximum Gasteiger partial charge on any atom is 0.228 e. The molecule has 0 spiro atoms. The lowest BCUT2D eigenvalue weighted by Gasteiger charge is -2.32. The fourth-order valence-electron chi connectivity index (χ4n) is 4.76. The van der Waals surface area contributed by atoms with Crippen LogP contribution in [0.25, 0.3) is 10.9 Å². The van der Waals surface area contributed by atoms with Gasteiger partial charge in [0.15, 0.2) is 0 Å². The molecule has 2 aromatic carbocycles. The minimum absolute atomic E-state index is 0.0404. The van der Waals surface area contributed by atoms with Crippen molar-refractivity contribution >= 4 is 34.1 Å². The van der Waals surface area contributed by atoms with Gasteiger partial charge in [0, 0.05) is 59.8 Å². The Kier molecular flexibility index (Phi) is 7.89. The molecular formula is C27H31ClN4O2. The van der Waals surface area contributed by atoms with E-state index in [1.54, 1.807) is 7.11 Å². The van der Waals surface area contributed by atoms with Crippen molar-refractivity contribution in [3.8, 4) is 6.07 Å². The lowest BCUT2D eigenvalue weighted by molar-refractivity contribution is -0.119. The Morgan fingerprint density at radius 2 is 2.09 bits per heavy atom. The van der Waals surface area contributed by atoms with Crippen molar-refractivity contribution < 1.29 is 9.53 Å². The van der Waals surface area contributed by atoms with Gasteiger partial charge in [-0.25, -0.2) is 0 Å². The Morgan fingerprint density at radius 1 is 1.26 bits per heavy atom. The van der Waals surface area contributed by atoms with E-state index >= 15 is 0 Å². The predicted molar refractivity (Wildman–Crippen MR) is 136 cm³/mol. The number of nitrogens with one attached hydrogen (secondary N) is 1. The van der Waals surface area contributed by atoms with E-state index < -0.39 is 0 Å². The van der Waals surface area contributed by atoms with Gasteiger partial charge in [0.1, 0.15) is 6.23 Å². The summed E-state index contributed by atoms with van der Waals surface area (Å²) in [5, 5.41) is 14.2. The Bertz CT molecular complexity index is 1200. The predicted octanol–water partition coefficient (Wildman–Crippen LogP) is 5.42. The Labute approximate surface area is 206 Å². The van der Waals surface area contributed by atoms with Crippen LogP contribution in [0.2, 0.25) is 5.02 Å². The van der Waals surface area contributed by atoms with Crippen LogP contribution >= 0.6 is 11.6 Å². The van der Waals surface area contributed by atoms with E-state index in [1.807, 2.05) is 48.2 Å². The minimum atomic E-state index is -0.117. The number of carbonyl (C=O) groups excluding carboxylic acids is 1. The summed E-state index contributed by atoms with van der Waals surface area (Å²) < 4.78 is 7.61. The van der Waals surface area contributed by atoms with E-state index in [4.69, 9.17) is 21.6 Å². The number of ether oxygens (including phenoxy) is 1. The van der Waals surface area contributed by atoms with E-state index in [-0.39, 0.29) is 18.2 Å². The molecule has 0 saturated carbocycles. The zero-order valence-corrected chi connectivity index (χ0v) is 20.5. The first-order valence-electron chi connectivity index (χ1n) is 11.8. The Balaban J connectivity index is 1.70. The van der Waals surface area contributed by atoms with Crippen molar-refractivity contribution in [1.82, 2.24) is 9.88 Å². The van der Waals surface area contributed by atoms with Gasteiger partial charge in [0.05, 0.1) is 12.6 Å². The van der Waals surface area contributed by atoms with E-state index in [1.165, 1.54) is 5.56 Å². The minimum Gasteiger partial charge on any atom is -0.367 e. The first-order valence-corrected chi connectivity index (χ1v) is 12.2. The molecule has 1 aliphatic rings. The highest BCUT2D eigenvalue weighted by Crippen LogP contribution is 2.31. The number of aromatic nitrogens is 1. The molecular weight excluding hydrogens is 448 g/mol. The number of fused-ring (bicyclic) bond motifs is 2. The number of unbranched alkanes of at least 4 members (excludes halogenated alkanes) is 1. The maximum absolute atomic E-state index is 13.6. The number of halogens is 1. The normalized spacial score (nSPS) is 17.2. The fraction of sp³-hybridized carbons (Fsp3) is 0.407. The summed E-state index contributed by atoms with van der Waals surface area (Å²) in [7, 11) is 1.67. The summed E-state index contributed by atoms with van der Waals surface area (Å²) in [6.45, 7) is 3.13. The van der Waals surface area contributed by atoms with Gasteiger partial charge in [-0.05, 0) is 62.1 Å². The number of rotatable bonds is 8. The third kappa shape index (κ3) is 5.44. The lowest BCUT2D eigenvalue weighted by Crippen LogP contribution is -2.44. The second kappa shape index (κ2) is 11.1. The quantitative estimate of drug-likeness (QED) is 0.346. The summed E-state index contributed by atoms with van der Waals surface area (Å²) in [4.78, 5) is 15.5. The van der Waals surface area contributed by atoms with E-state index in [9.17, 15) is 4.79 Å². The SMILES string of the molecule is COC(C)N[C@H]1CCc2ccccc2N(Cc2cc3cc(Cl)ccc3n2CCCC#N)C(=O)C1. The van der Waals surface area contributed by atoms with E-state index in [0.29, 0.717) is 31.0 Å². The van der Waals surface area contributed by atoms with Crippen LogP contribution in [-0.4, -0.2) is 29.9 Å². The molecule has 4 rings (SSSR count). The standard InChI is InChI=1S/C27H31ClN4O2/c1-19(34-2)30-23-11-9-20-7-3-4-8-25(20)32(27(33)17-23)18-24-16-21-15-22(28)10-12-26(21)31(24)14-6-5-13-29/h3-4,7-8,10,12,15-16,19,23,30H,5-6,9,11,14,17-18H2,1-2H3/t19?,23-/m0/s1. The van der Waals surface area contributed by atoms with Crippen molar-refractivity contribution in [2.24, 2.45) is 0 Å². The number of anilines is 1. The largest absolute Gasteiger partial charge is 0.367 e. The van der Waals surface area contributed by atoms with Crippen LogP contribution in [0.1, 0.15) is 43.9 Å². The highest BCUT2D eigenvalue weighted by molar-refractivity contribution is 6.31. The van der Waals surface area contributed by atoms with Crippen LogP contribution in [0, 0.1) is 11.3 Å². The van der Waals surface area contributed by atoms with Crippen LogP contribution in [-0.2, 0) is 29.0 Å². The number of hydrogen-bond donors (Lipinski definition) is 1. The number of hydrogen-bond acceptors (Lipinski definition) is 4. The molecule has 2 atom stereocenters. The Hall–Kier alpha value is -2.85. The van der Waals surface area contributed by atoms with Gasteiger partial charge in [-0.2, -0.15) is 5.26 Å². The number of nitriles is 1. The molecule has 0 bridgehead atoms. The molecule has 2 heterocycles. The van der Waals surface area contributed by atoms with E-state index in [2.05, 4.69) is 28.1 Å². The highest BCUT2D eigenvalue weighted by Gasteiger charge is 2.27. The molecule has 34 heavy (non-hydrogen) atoms. The third-order valence-electron chi connectivity index (χ3n) is 6.53. The topological polar surface area (TPSA) is 70.3 Å². The molecule has 0 radical (unpaired) electrons. The lowest BCUT2D eigenvalue weighted by atomic mass is 9.97. The second-order valence-corrected chi connectivity index (χ2v) is 9.28. The van der Waals surface area contributed by atoms with Crippen molar-refractivity contribution in [2.45, 2.75) is 64.4 Å². The number of methoxy groups -OCH3 is 1. The zero-order chi connectivity index (χ0) is 24.1. The molecule has 0 saturated heterocycles. The molecule has 1 aromatic heterocycles. The fourth-order valence-corrected chi connectivity index (χ4v) is 4.94. The maximum atomic E-state index is 13.6. The highest BCUT2D eigenvalue weighted by atomic mass is 35.5. The first kappa shape index (κ1) is 24.3. The molecule has 3 aromatic rings. The van der Waals surface area contributed by atoms with Crippen molar-refractivity contribution in [3.63, 3.8) is 0 Å². The van der Waals surface area contributed by atoms with Crippen LogP contribution in [0.5, 0.6) is 0 Å². The number of nitrogens with zero attached hydrogens (tertiary/aromatic N) is 3. The first-order chi connectivity index (χ1) is 16.5. The third-order valence-corrected chi connectivity index (χ3v) is 6.77. The molecule has 0 aliphatic carbocycles. The molecule has 1 N–H and O–H groups in total. The molecule has 1 aliphatic heterocycles. The number of aryl methyl sites for hydroxylation is 2. The molecule has 1 amide bonds. The summed E-state index contributed by atoms with van der Waals surface area (Å²) in [5.41, 5.74) is 4.24. The number of para-hydroxylation sites is 1. The van der Waals surface area contributed by atoms with Crippen molar-refractivity contribution in [3.05, 3.63) is 64.8 Å². The molecule has 178 valence electrons. The summed E-state index contributed by atoms with van der Waals surface area (Å²) in [6, 6.07) is 18.4. The monoisotopic (exact) mass is 478 g/mol. The number of carbonyl (C=O) groups is 1. The smallest absolute Gasteiger partial charge is 0.228 e. The van der Waals surface area contributed by atoms with Crippen molar-refractivity contribution in [1.29, 1.82) is 5.26 Å². The van der Waals surface area contributed by atoms with Crippen LogP contribution < -0.4 is 10.2 Å². The van der Waals surface area contributed by atoms with Gasteiger partial charge < -0.3 is 14.2 Å². The molecule has 0 fully saturated rings. The summed E-state index contributed by atoms with van der Waals surface area (Å²) in [5.74, 6) is 0.0832. The average molecular weight is 479 g/mol. The molecule has 7 heteroatoms. The van der Waals surface area contributed by atoms with Gasteiger partial charge in [0.25, 0.3) is 0 Å². The average Bonchev–Trinajstić information content (AvgIpc) is 3.16. The van der Waals surface area contributed by atoms with Crippen LogP contribution in [0.15, 0.2) is 48.5 Å². The van der Waals surface area contributed by atoms with Crippen LogP contribution in [0.4, 0.5) is 5.69 Å². The van der Waals surface area contributed by atoms with E-state index in [0.717, 1.165) is 41.5 Å². The van der Waals surface area contributed by atoms with Crippen molar-refractivity contribution in [2.75, 3.05) is 12.0 Å². The van der Waals surface area contributed by atoms with Gasteiger partial charge in [-0.15, -0.1) is 0 Å². The number of benzene rings is 2. The zero-order valence-electron chi connectivity index (χ0n) is 19.8. The van der Waals surface area contributed by atoms with Crippen LogP contribution in [0.3, 0.4) is 0 Å². The Morgan fingerprint density at radius 3 is 2.88 bits per heavy atom. The van der Waals surface area contributed by atoms with Gasteiger partial charge >= 0.3 is 0 Å². The van der Waals surface area contributed by atoms with Gasteiger partial charge in [-0.1, -0.05) is 29.8 Å². The second-order valence-electron chi connectivity index (χ2n) is 8.85. The number of amides is 1. The molecule has 1 unspecified atom stereocenters. The summed E-state index contributed by atoms with van der Waals surface area (Å²) >= 11 is 6.26. The van der Waals surface area contributed by atoms with Gasteiger partial charge in [0.2, 0.25) is 5.91 Å². The summed E-state index contributed by atoms with van der Waals surface area (Å²) in [6.07, 6.45) is 3.28. The molecule has 6 nitrogen and oxygen atoms in total.